The number of aromatic amines is 1. The van der Waals surface area contributed by atoms with E-state index in [0.29, 0.717) is 52.5 Å². The standard InChI is InChI=1S/C35H27N3O3.C21H19N3O/c39-34(26-13-6-2-7-14-26)36-28-17-10-18-29(23-28)41-30-20-21-31-32(22-19-25-11-4-1-5-12-25)37-38(33(31)24-30)35(40)27-15-8-3-9-16-27;22-16-7-4-8-17(13-16)25-18-10-11-19-20(23-24-21(19)14-18)12-9-15-5-2-1-3-6-15/h1-19,22-24H,20-21H2,(H,36,39);1-9,12-14H,10-11,22H2,(H,23,24)/b22-19+;12-9+. The van der Waals surface area contributed by atoms with Crippen molar-refractivity contribution in [3.8, 4) is 11.5 Å². The maximum atomic E-state index is 13.5. The van der Waals surface area contributed by atoms with Crippen LogP contribution in [0.4, 0.5) is 11.4 Å². The summed E-state index contributed by atoms with van der Waals surface area (Å²) in [6.45, 7) is 0. The first-order chi connectivity index (χ1) is 32.4. The molecule has 10 heteroatoms. The number of H-pyrrole nitrogens is 1. The van der Waals surface area contributed by atoms with Gasteiger partial charge >= 0.3 is 0 Å². The number of benzene rings is 6. The molecule has 0 radical (unpaired) electrons. The van der Waals surface area contributed by atoms with Gasteiger partial charge in [0.25, 0.3) is 11.8 Å². The van der Waals surface area contributed by atoms with Crippen molar-refractivity contribution >= 4 is 59.6 Å². The van der Waals surface area contributed by atoms with Gasteiger partial charge in [-0.25, -0.2) is 0 Å². The van der Waals surface area contributed by atoms with Crippen molar-refractivity contribution in [3.63, 3.8) is 0 Å². The van der Waals surface area contributed by atoms with Crippen LogP contribution in [0.25, 0.3) is 36.5 Å². The van der Waals surface area contributed by atoms with Crippen molar-refractivity contribution in [2.45, 2.75) is 25.7 Å². The van der Waals surface area contributed by atoms with E-state index in [9.17, 15) is 9.59 Å². The Labute approximate surface area is 383 Å². The minimum Gasteiger partial charge on any atom is -0.462 e. The number of nitrogens with one attached hydrogen (secondary N) is 2. The van der Waals surface area contributed by atoms with Crippen LogP contribution in [-0.2, 0) is 12.8 Å². The van der Waals surface area contributed by atoms with Crippen molar-refractivity contribution in [2.24, 2.45) is 0 Å². The first-order valence-electron chi connectivity index (χ1n) is 21.8. The first kappa shape index (κ1) is 42.5. The van der Waals surface area contributed by atoms with Crippen molar-refractivity contribution in [1.82, 2.24) is 20.0 Å². The number of nitrogens with zero attached hydrogens (tertiary/aromatic N) is 3. The summed E-state index contributed by atoms with van der Waals surface area (Å²) in [7, 11) is 0. The summed E-state index contributed by atoms with van der Waals surface area (Å²) in [6.07, 6.45) is 15.1. The molecular weight excluding hydrogens is 821 g/mol. The fourth-order valence-corrected chi connectivity index (χ4v) is 7.70. The molecule has 8 aromatic rings. The minimum absolute atomic E-state index is 0.191. The van der Waals surface area contributed by atoms with Crippen molar-refractivity contribution in [1.29, 1.82) is 0 Å². The van der Waals surface area contributed by atoms with Gasteiger partial charge in [0, 0.05) is 70.8 Å². The van der Waals surface area contributed by atoms with E-state index in [1.165, 1.54) is 10.2 Å². The lowest BCUT2D eigenvalue weighted by Crippen LogP contribution is -2.17. The molecule has 0 saturated carbocycles. The molecule has 6 aromatic carbocycles. The van der Waals surface area contributed by atoms with E-state index in [1.807, 2.05) is 152 Å². The molecule has 66 heavy (non-hydrogen) atoms. The number of anilines is 2. The van der Waals surface area contributed by atoms with E-state index in [0.717, 1.165) is 58.1 Å². The maximum Gasteiger partial charge on any atom is 0.278 e. The Morgan fingerprint density at radius 3 is 1.79 bits per heavy atom. The number of carbonyl (C=O) groups is 2. The topological polar surface area (TPSA) is 137 Å². The highest BCUT2D eigenvalue weighted by atomic mass is 16.5. The number of amides is 1. The quantitative estimate of drug-likeness (QED) is 0.110. The summed E-state index contributed by atoms with van der Waals surface area (Å²) in [5, 5.41) is 15.2. The van der Waals surface area contributed by atoms with Crippen molar-refractivity contribution in [2.75, 3.05) is 11.1 Å². The van der Waals surface area contributed by atoms with Crippen LogP contribution in [0, 0.1) is 0 Å². The minimum atomic E-state index is -0.204. The number of nitrogens with two attached hydrogens (primary N) is 1. The second kappa shape index (κ2) is 20.2. The molecule has 1 amide bonds. The molecule has 10 nitrogen and oxygen atoms in total. The van der Waals surface area contributed by atoms with Gasteiger partial charge in [0.05, 0.1) is 22.8 Å². The number of allylic oxidation sites excluding steroid dienone is 2. The number of hydrogen-bond acceptors (Lipinski definition) is 7. The molecule has 10 rings (SSSR count). The third kappa shape index (κ3) is 10.5. The molecule has 0 spiro atoms. The van der Waals surface area contributed by atoms with Gasteiger partial charge in [-0.15, -0.1) is 0 Å². The zero-order chi connectivity index (χ0) is 45.1. The smallest absolute Gasteiger partial charge is 0.278 e. The van der Waals surface area contributed by atoms with Gasteiger partial charge in [-0.2, -0.15) is 14.9 Å². The lowest BCUT2D eigenvalue weighted by molar-refractivity contribution is 0.0943. The molecule has 0 saturated heterocycles. The Morgan fingerprint density at radius 2 is 1.14 bits per heavy atom. The molecule has 2 aromatic heterocycles. The lowest BCUT2D eigenvalue weighted by atomic mass is 9.99. The number of fused-ring (bicyclic) bond motifs is 2. The molecule has 4 N–H and O–H groups in total. The molecule has 0 aliphatic heterocycles. The molecule has 0 fully saturated rings. The SMILES string of the molecule is Nc1cccc(OC2=Cc3[nH]nc(/C=C/c4ccccc4)c3CC2)c1.O=C(Nc1cccc(OC2=Cc3c(c(/C=C/c4ccccc4)nn3C(=O)c3ccccc3)CC2)c1)c1ccccc1. The van der Waals surface area contributed by atoms with Crippen LogP contribution < -0.4 is 20.5 Å². The third-order valence-electron chi connectivity index (χ3n) is 11.0. The van der Waals surface area contributed by atoms with Gasteiger partial charge in [0.15, 0.2) is 0 Å². The summed E-state index contributed by atoms with van der Waals surface area (Å²) >= 11 is 0. The summed E-state index contributed by atoms with van der Waals surface area (Å²) in [4.78, 5) is 26.1. The van der Waals surface area contributed by atoms with Crippen LogP contribution in [0.1, 0.15) is 78.6 Å². The average molecular weight is 867 g/mol. The van der Waals surface area contributed by atoms with Gasteiger partial charge < -0.3 is 20.5 Å². The number of ether oxygens (including phenoxy) is 2. The predicted molar refractivity (Wildman–Crippen MR) is 263 cm³/mol. The number of rotatable bonds is 11. The number of aromatic nitrogens is 4. The van der Waals surface area contributed by atoms with Crippen molar-refractivity contribution < 1.29 is 19.1 Å². The zero-order valence-electron chi connectivity index (χ0n) is 36.0. The number of carbonyl (C=O) groups excluding carboxylic acids is 2. The van der Waals surface area contributed by atoms with Crippen molar-refractivity contribution in [3.05, 3.63) is 238 Å². The van der Waals surface area contributed by atoms with Crippen LogP contribution in [0.3, 0.4) is 0 Å². The number of nitrogen functional groups attached to an aromatic ring is 1. The normalized spacial score (nSPS) is 12.8. The van der Waals surface area contributed by atoms with Gasteiger partial charge in [-0.3, -0.25) is 14.7 Å². The van der Waals surface area contributed by atoms with E-state index in [1.54, 1.807) is 30.3 Å². The maximum absolute atomic E-state index is 13.5. The molecule has 0 unspecified atom stereocenters. The van der Waals surface area contributed by atoms with E-state index in [4.69, 9.17) is 20.3 Å². The summed E-state index contributed by atoms with van der Waals surface area (Å²) in [6, 6.07) is 53.2. The van der Waals surface area contributed by atoms with Gasteiger partial charge in [-0.1, -0.05) is 121 Å². The Morgan fingerprint density at radius 1 is 0.576 bits per heavy atom. The fourth-order valence-electron chi connectivity index (χ4n) is 7.70. The van der Waals surface area contributed by atoms with Gasteiger partial charge in [0.2, 0.25) is 0 Å². The third-order valence-corrected chi connectivity index (χ3v) is 11.0. The van der Waals surface area contributed by atoms with E-state index >= 15 is 0 Å². The van der Waals surface area contributed by atoms with Crippen LogP contribution in [0.2, 0.25) is 0 Å². The molecule has 0 atom stereocenters. The highest BCUT2D eigenvalue weighted by Crippen LogP contribution is 2.32. The van der Waals surface area contributed by atoms with Gasteiger partial charge in [-0.05, 0) is 84.7 Å². The lowest BCUT2D eigenvalue weighted by Gasteiger charge is -2.16. The zero-order valence-corrected chi connectivity index (χ0v) is 36.0. The van der Waals surface area contributed by atoms with E-state index in [2.05, 4.69) is 39.8 Å². The molecule has 2 heterocycles. The molecular formula is C56H46N6O4. The van der Waals surface area contributed by atoms with Crippen LogP contribution in [0.5, 0.6) is 11.5 Å². The molecule has 2 aliphatic carbocycles. The summed E-state index contributed by atoms with van der Waals surface area (Å²) in [5.41, 5.74) is 16.2. The number of hydrogen-bond donors (Lipinski definition) is 3. The monoisotopic (exact) mass is 866 g/mol. The molecule has 2 aliphatic rings. The van der Waals surface area contributed by atoms with E-state index in [-0.39, 0.29) is 11.8 Å². The van der Waals surface area contributed by atoms with Crippen LogP contribution in [-0.4, -0.2) is 31.8 Å². The van der Waals surface area contributed by atoms with Crippen LogP contribution >= 0.6 is 0 Å². The Balaban J connectivity index is 0.000000187. The Hall–Kier alpha value is -8.76. The Kier molecular flexibility index (Phi) is 13.0. The van der Waals surface area contributed by atoms with E-state index < -0.39 is 0 Å². The Bertz CT molecular complexity index is 3100. The average Bonchev–Trinajstić information content (AvgIpc) is 3.94. The second-order valence-electron chi connectivity index (χ2n) is 15.7. The molecule has 324 valence electrons. The largest absolute Gasteiger partial charge is 0.462 e. The summed E-state index contributed by atoms with van der Waals surface area (Å²) in [5.74, 6) is 2.59. The van der Waals surface area contributed by atoms with Gasteiger partial charge in [0.1, 0.15) is 23.0 Å². The first-order valence-corrected chi connectivity index (χ1v) is 21.8. The predicted octanol–water partition coefficient (Wildman–Crippen LogP) is 11.9. The summed E-state index contributed by atoms with van der Waals surface area (Å²) < 4.78 is 13.7. The fraction of sp³-hybridized carbons (Fsp3) is 0.0714. The highest BCUT2D eigenvalue weighted by Gasteiger charge is 2.25. The second-order valence-corrected chi connectivity index (χ2v) is 15.7. The molecule has 0 bridgehead atoms. The highest BCUT2D eigenvalue weighted by molar-refractivity contribution is 6.04. The van der Waals surface area contributed by atoms with Crippen LogP contribution in [0.15, 0.2) is 181 Å².